The summed E-state index contributed by atoms with van der Waals surface area (Å²) in [6, 6.07) is 7.77. The average molecular weight is 223 g/mol. The molecule has 1 aromatic rings. The van der Waals surface area contributed by atoms with Crippen molar-refractivity contribution in [2.75, 3.05) is 26.8 Å². The third-order valence-corrected chi connectivity index (χ3v) is 2.22. The number of rotatable bonds is 8. The van der Waals surface area contributed by atoms with Crippen molar-refractivity contribution in [3.8, 4) is 11.5 Å². The van der Waals surface area contributed by atoms with Crippen LogP contribution in [0.4, 0.5) is 0 Å². The van der Waals surface area contributed by atoms with Crippen LogP contribution >= 0.6 is 0 Å². The Kier molecular flexibility index (Phi) is 6.42. The highest BCUT2D eigenvalue weighted by Crippen LogP contribution is 2.17. The van der Waals surface area contributed by atoms with Crippen LogP contribution < -0.4 is 14.8 Å². The minimum absolute atomic E-state index is 0.699. The standard InChI is InChI=1S/C13H21NO2/c1-3-15-12-6-8-13(9-7-12)16-11-5-4-10-14-2/h6-9,14H,3-5,10-11H2,1-2H3. The Hall–Kier alpha value is -1.22. The van der Waals surface area contributed by atoms with Crippen molar-refractivity contribution in [3.63, 3.8) is 0 Å². The molecule has 0 saturated heterocycles. The maximum atomic E-state index is 5.60. The zero-order valence-corrected chi connectivity index (χ0v) is 10.2. The van der Waals surface area contributed by atoms with Gasteiger partial charge in [-0.1, -0.05) is 0 Å². The molecule has 3 heteroatoms. The summed E-state index contributed by atoms with van der Waals surface area (Å²) >= 11 is 0. The van der Waals surface area contributed by atoms with Gasteiger partial charge in [0.2, 0.25) is 0 Å². The number of hydrogen-bond acceptors (Lipinski definition) is 3. The Bertz CT molecular complexity index is 272. The molecule has 0 radical (unpaired) electrons. The van der Waals surface area contributed by atoms with Crippen molar-refractivity contribution >= 4 is 0 Å². The lowest BCUT2D eigenvalue weighted by Gasteiger charge is -2.07. The largest absolute Gasteiger partial charge is 0.494 e. The molecule has 0 aliphatic rings. The fourth-order valence-electron chi connectivity index (χ4n) is 1.39. The van der Waals surface area contributed by atoms with Crippen molar-refractivity contribution in [1.82, 2.24) is 5.32 Å². The van der Waals surface area contributed by atoms with E-state index in [1.54, 1.807) is 0 Å². The van der Waals surface area contributed by atoms with Crippen molar-refractivity contribution in [2.45, 2.75) is 19.8 Å². The van der Waals surface area contributed by atoms with E-state index in [1.807, 2.05) is 38.2 Å². The maximum Gasteiger partial charge on any atom is 0.119 e. The van der Waals surface area contributed by atoms with E-state index >= 15 is 0 Å². The van der Waals surface area contributed by atoms with E-state index in [0.717, 1.165) is 37.5 Å². The van der Waals surface area contributed by atoms with E-state index in [1.165, 1.54) is 0 Å². The first-order valence-corrected chi connectivity index (χ1v) is 5.87. The predicted molar refractivity (Wildman–Crippen MR) is 66.3 cm³/mol. The monoisotopic (exact) mass is 223 g/mol. The van der Waals surface area contributed by atoms with Crippen LogP contribution in [-0.2, 0) is 0 Å². The van der Waals surface area contributed by atoms with Gasteiger partial charge in [-0.3, -0.25) is 0 Å². The highest BCUT2D eigenvalue weighted by atomic mass is 16.5. The molecule has 0 aromatic heterocycles. The lowest BCUT2D eigenvalue weighted by molar-refractivity contribution is 0.304. The lowest BCUT2D eigenvalue weighted by Crippen LogP contribution is -2.09. The summed E-state index contributed by atoms with van der Waals surface area (Å²) in [5.41, 5.74) is 0. The maximum absolute atomic E-state index is 5.60. The summed E-state index contributed by atoms with van der Waals surface area (Å²) in [5, 5.41) is 3.12. The smallest absolute Gasteiger partial charge is 0.119 e. The molecule has 0 saturated carbocycles. The first kappa shape index (κ1) is 12.8. The van der Waals surface area contributed by atoms with Crippen molar-refractivity contribution in [1.29, 1.82) is 0 Å². The molecule has 0 aliphatic heterocycles. The van der Waals surface area contributed by atoms with E-state index in [-0.39, 0.29) is 0 Å². The zero-order chi connectivity index (χ0) is 11.6. The Morgan fingerprint density at radius 2 is 1.62 bits per heavy atom. The molecule has 0 bridgehead atoms. The van der Waals surface area contributed by atoms with Crippen LogP contribution in [0, 0.1) is 0 Å². The Morgan fingerprint density at radius 1 is 1.00 bits per heavy atom. The SMILES string of the molecule is CCOc1ccc(OCCCCNC)cc1. The van der Waals surface area contributed by atoms with Crippen molar-refractivity contribution in [3.05, 3.63) is 24.3 Å². The molecule has 16 heavy (non-hydrogen) atoms. The van der Waals surface area contributed by atoms with Gasteiger partial charge < -0.3 is 14.8 Å². The van der Waals surface area contributed by atoms with Crippen LogP contribution in [0.15, 0.2) is 24.3 Å². The topological polar surface area (TPSA) is 30.5 Å². The van der Waals surface area contributed by atoms with Gasteiger partial charge in [-0.05, 0) is 57.6 Å². The molecular formula is C13H21NO2. The molecule has 0 spiro atoms. The minimum Gasteiger partial charge on any atom is -0.494 e. The first-order chi connectivity index (χ1) is 7.86. The number of unbranched alkanes of at least 4 members (excludes halogenated alkanes) is 1. The summed E-state index contributed by atoms with van der Waals surface area (Å²) in [6.07, 6.45) is 2.22. The molecular weight excluding hydrogens is 202 g/mol. The van der Waals surface area contributed by atoms with Crippen LogP contribution in [-0.4, -0.2) is 26.8 Å². The van der Waals surface area contributed by atoms with Gasteiger partial charge in [0.25, 0.3) is 0 Å². The fourth-order valence-corrected chi connectivity index (χ4v) is 1.39. The molecule has 1 aromatic carbocycles. The second-order valence-corrected chi connectivity index (χ2v) is 3.56. The van der Waals surface area contributed by atoms with Gasteiger partial charge in [-0.25, -0.2) is 0 Å². The number of benzene rings is 1. The van der Waals surface area contributed by atoms with Crippen molar-refractivity contribution in [2.24, 2.45) is 0 Å². The van der Waals surface area contributed by atoms with Crippen LogP contribution in [0.2, 0.25) is 0 Å². The normalized spacial score (nSPS) is 10.1. The number of ether oxygens (including phenoxy) is 2. The fraction of sp³-hybridized carbons (Fsp3) is 0.538. The number of nitrogens with one attached hydrogen (secondary N) is 1. The predicted octanol–water partition coefficient (Wildman–Crippen LogP) is 2.46. The van der Waals surface area contributed by atoms with Gasteiger partial charge in [0, 0.05) is 0 Å². The summed E-state index contributed by atoms with van der Waals surface area (Å²) in [6.45, 7) is 4.50. The van der Waals surface area contributed by atoms with Crippen LogP contribution in [0.5, 0.6) is 11.5 Å². The molecule has 0 heterocycles. The lowest BCUT2D eigenvalue weighted by atomic mass is 10.3. The van der Waals surface area contributed by atoms with E-state index in [0.29, 0.717) is 6.61 Å². The third-order valence-electron chi connectivity index (χ3n) is 2.22. The molecule has 0 unspecified atom stereocenters. The van der Waals surface area contributed by atoms with Crippen LogP contribution in [0.25, 0.3) is 0 Å². The zero-order valence-electron chi connectivity index (χ0n) is 10.2. The quantitative estimate of drug-likeness (QED) is 0.687. The van der Waals surface area contributed by atoms with E-state index < -0.39 is 0 Å². The molecule has 1 rings (SSSR count). The highest BCUT2D eigenvalue weighted by Gasteiger charge is 1.95. The van der Waals surface area contributed by atoms with Crippen LogP contribution in [0.1, 0.15) is 19.8 Å². The molecule has 0 amide bonds. The second-order valence-electron chi connectivity index (χ2n) is 3.56. The molecule has 1 N–H and O–H groups in total. The van der Waals surface area contributed by atoms with Gasteiger partial charge in [0.05, 0.1) is 13.2 Å². The third kappa shape index (κ3) is 5.03. The minimum atomic E-state index is 0.699. The Labute approximate surface area is 97.8 Å². The van der Waals surface area contributed by atoms with Crippen LogP contribution in [0.3, 0.4) is 0 Å². The van der Waals surface area contributed by atoms with E-state index in [9.17, 15) is 0 Å². The highest BCUT2D eigenvalue weighted by molar-refractivity contribution is 5.31. The summed E-state index contributed by atoms with van der Waals surface area (Å²) in [4.78, 5) is 0. The second kappa shape index (κ2) is 7.99. The Balaban J connectivity index is 2.21. The number of hydrogen-bond donors (Lipinski definition) is 1. The average Bonchev–Trinajstić information content (AvgIpc) is 2.31. The molecule has 90 valence electrons. The van der Waals surface area contributed by atoms with Gasteiger partial charge in [-0.15, -0.1) is 0 Å². The van der Waals surface area contributed by atoms with Crippen molar-refractivity contribution < 1.29 is 9.47 Å². The molecule has 0 atom stereocenters. The molecule has 0 aliphatic carbocycles. The van der Waals surface area contributed by atoms with E-state index in [4.69, 9.17) is 9.47 Å². The van der Waals surface area contributed by atoms with Gasteiger partial charge in [0.15, 0.2) is 0 Å². The summed E-state index contributed by atoms with van der Waals surface area (Å²) in [5.74, 6) is 1.80. The molecule has 3 nitrogen and oxygen atoms in total. The van der Waals surface area contributed by atoms with Gasteiger partial charge >= 0.3 is 0 Å². The summed E-state index contributed by atoms with van der Waals surface area (Å²) < 4.78 is 11.0. The summed E-state index contributed by atoms with van der Waals surface area (Å²) in [7, 11) is 1.97. The van der Waals surface area contributed by atoms with Gasteiger partial charge in [-0.2, -0.15) is 0 Å². The van der Waals surface area contributed by atoms with Gasteiger partial charge in [0.1, 0.15) is 11.5 Å². The Morgan fingerprint density at radius 3 is 2.19 bits per heavy atom. The van der Waals surface area contributed by atoms with E-state index in [2.05, 4.69) is 5.32 Å². The first-order valence-electron chi connectivity index (χ1n) is 5.87. The molecule has 0 fully saturated rings.